The zero-order valence-corrected chi connectivity index (χ0v) is 9.97. The molecular formula is C12H26N2. The highest BCUT2D eigenvalue weighted by molar-refractivity contribution is 4.91. The fraction of sp³-hybridized carbons (Fsp3) is 1.00. The molecule has 1 unspecified atom stereocenters. The van der Waals surface area contributed by atoms with Gasteiger partial charge in [0.25, 0.3) is 0 Å². The fourth-order valence-electron chi connectivity index (χ4n) is 2.96. The van der Waals surface area contributed by atoms with E-state index in [1.165, 1.54) is 19.3 Å². The highest BCUT2D eigenvalue weighted by atomic mass is 14.9. The van der Waals surface area contributed by atoms with Crippen molar-refractivity contribution in [2.75, 3.05) is 13.1 Å². The first-order valence-electron chi connectivity index (χ1n) is 6.05. The molecule has 0 spiro atoms. The van der Waals surface area contributed by atoms with E-state index in [2.05, 4.69) is 26.1 Å². The predicted molar refractivity (Wildman–Crippen MR) is 62.3 cm³/mol. The van der Waals surface area contributed by atoms with Crippen LogP contribution in [0.25, 0.3) is 0 Å². The molecule has 0 radical (unpaired) electrons. The van der Waals surface area contributed by atoms with Gasteiger partial charge in [-0.25, -0.2) is 0 Å². The molecule has 2 nitrogen and oxygen atoms in total. The van der Waals surface area contributed by atoms with Crippen LogP contribution in [0.5, 0.6) is 0 Å². The number of rotatable bonds is 5. The Kier molecular flexibility index (Phi) is 4.39. The van der Waals surface area contributed by atoms with Crippen molar-refractivity contribution < 1.29 is 0 Å². The summed E-state index contributed by atoms with van der Waals surface area (Å²) in [5, 5.41) is 3.62. The molecule has 2 atom stereocenters. The van der Waals surface area contributed by atoms with Crippen LogP contribution in [-0.4, -0.2) is 19.1 Å². The summed E-state index contributed by atoms with van der Waals surface area (Å²) in [7, 11) is 0. The largest absolute Gasteiger partial charge is 0.330 e. The minimum Gasteiger partial charge on any atom is -0.330 e. The van der Waals surface area contributed by atoms with Crippen molar-refractivity contribution in [1.82, 2.24) is 5.32 Å². The van der Waals surface area contributed by atoms with E-state index >= 15 is 0 Å². The topological polar surface area (TPSA) is 38.0 Å². The summed E-state index contributed by atoms with van der Waals surface area (Å²) < 4.78 is 0. The molecule has 0 amide bonds. The van der Waals surface area contributed by atoms with Crippen LogP contribution in [-0.2, 0) is 0 Å². The first-order chi connectivity index (χ1) is 6.61. The van der Waals surface area contributed by atoms with Crippen molar-refractivity contribution in [3.8, 4) is 0 Å². The van der Waals surface area contributed by atoms with Gasteiger partial charge in [-0.05, 0) is 43.7 Å². The van der Waals surface area contributed by atoms with Crippen LogP contribution < -0.4 is 11.1 Å². The highest BCUT2D eigenvalue weighted by Crippen LogP contribution is 2.41. The SMILES string of the molecule is CCNC1CCC[C@H]1C(C)(C)CCN. The summed E-state index contributed by atoms with van der Waals surface area (Å²) in [6.07, 6.45) is 5.27. The Morgan fingerprint density at radius 1 is 1.36 bits per heavy atom. The number of hydrogen-bond acceptors (Lipinski definition) is 2. The van der Waals surface area contributed by atoms with Crippen LogP contribution >= 0.6 is 0 Å². The van der Waals surface area contributed by atoms with E-state index < -0.39 is 0 Å². The average Bonchev–Trinajstić information content (AvgIpc) is 2.53. The monoisotopic (exact) mass is 198 g/mol. The molecule has 1 aliphatic rings. The van der Waals surface area contributed by atoms with Crippen molar-refractivity contribution in [1.29, 1.82) is 0 Å². The number of nitrogens with one attached hydrogen (secondary N) is 1. The van der Waals surface area contributed by atoms with Crippen LogP contribution in [0.1, 0.15) is 46.5 Å². The fourth-order valence-corrected chi connectivity index (χ4v) is 2.96. The molecule has 1 fully saturated rings. The molecule has 1 saturated carbocycles. The lowest BCUT2D eigenvalue weighted by atomic mass is 9.73. The molecule has 2 heteroatoms. The summed E-state index contributed by atoms with van der Waals surface area (Å²) in [5.74, 6) is 0.825. The first-order valence-corrected chi connectivity index (χ1v) is 6.05. The van der Waals surface area contributed by atoms with Gasteiger partial charge in [0.15, 0.2) is 0 Å². The standard InChI is InChI=1S/C12H26N2/c1-4-14-11-7-5-6-10(11)12(2,3)8-9-13/h10-11,14H,4-9,13H2,1-3H3/t10-,11?/m1/s1. The van der Waals surface area contributed by atoms with Crippen molar-refractivity contribution in [3.05, 3.63) is 0 Å². The van der Waals surface area contributed by atoms with Gasteiger partial charge in [-0.2, -0.15) is 0 Å². The molecule has 0 heterocycles. The molecule has 0 bridgehead atoms. The van der Waals surface area contributed by atoms with Gasteiger partial charge in [0.1, 0.15) is 0 Å². The molecule has 3 N–H and O–H groups in total. The third-order valence-corrected chi connectivity index (χ3v) is 3.77. The second kappa shape index (κ2) is 5.13. The van der Waals surface area contributed by atoms with Gasteiger partial charge >= 0.3 is 0 Å². The highest BCUT2D eigenvalue weighted by Gasteiger charge is 2.37. The molecule has 0 aromatic heterocycles. The molecule has 1 rings (SSSR count). The predicted octanol–water partition coefficient (Wildman–Crippen LogP) is 2.14. The number of nitrogens with two attached hydrogens (primary N) is 1. The zero-order valence-electron chi connectivity index (χ0n) is 9.97. The maximum atomic E-state index is 5.68. The molecule has 0 aromatic carbocycles. The smallest absolute Gasteiger partial charge is 0.0100 e. The maximum Gasteiger partial charge on any atom is 0.0100 e. The third-order valence-electron chi connectivity index (χ3n) is 3.77. The Balaban J connectivity index is 2.55. The van der Waals surface area contributed by atoms with Crippen molar-refractivity contribution in [3.63, 3.8) is 0 Å². The second-order valence-corrected chi connectivity index (χ2v) is 5.23. The van der Waals surface area contributed by atoms with Gasteiger partial charge in [0, 0.05) is 6.04 Å². The summed E-state index contributed by atoms with van der Waals surface area (Å²) in [6, 6.07) is 0.738. The van der Waals surface area contributed by atoms with Crippen molar-refractivity contribution >= 4 is 0 Å². The van der Waals surface area contributed by atoms with Crippen LogP contribution in [0.2, 0.25) is 0 Å². The Morgan fingerprint density at radius 2 is 2.07 bits per heavy atom. The Hall–Kier alpha value is -0.0800. The van der Waals surface area contributed by atoms with E-state index in [0.717, 1.165) is 31.5 Å². The summed E-state index contributed by atoms with van der Waals surface area (Å²) in [4.78, 5) is 0. The zero-order chi connectivity index (χ0) is 10.6. The van der Waals surface area contributed by atoms with Gasteiger partial charge in [-0.3, -0.25) is 0 Å². The van der Waals surface area contributed by atoms with E-state index in [4.69, 9.17) is 5.73 Å². The van der Waals surface area contributed by atoms with Gasteiger partial charge < -0.3 is 11.1 Å². The molecular weight excluding hydrogens is 172 g/mol. The van der Waals surface area contributed by atoms with Crippen LogP contribution in [0.4, 0.5) is 0 Å². The summed E-state index contributed by atoms with van der Waals surface area (Å²) >= 11 is 0. The van der Waals surface area contributed by atoms with Gasteiger partial charge in [-0.15, -0.1) is 0 Å². The third kappa shape index (κ3) is 2.71. The van der Waals surface area contributed by atoms with Crippen molar-refractivity contribution in [2.45, 2.75) is 52.5 Å². The van der Waals surface area contributed by atoms with Crippen molar-refractivity contribution in [2.24, 2.45) is 17.1 Å². The van der Waals surface area contributed by atoms with E-state index in [-0.39, 0.29) is 0 Å². The van der Waals surface area contributed by atoms with E-state index in [1.807, 2.05) is 0 Å². The van der Waals surface area contributed by atoms with Crippen LogP contribution in [0.15, 0.2) is 0 Å². The minimum absolute atomic E-state index is 0.415. The minimum atomic E-state index is 0.415. The molecule has 1 aliphatic carbocycles. The second-order valence-electron chi connectivity index (χ2n) is 5.23. The molecule has 0 aliphatic heterocycles. The molecule has 14 heavy (non-hydrogen) atoms. The first kappa shape index (κ1) is 12.0. The number of hydrogen-bond donors (Lipinski definition) is 2. The quantitative estimate of drug-likeness (QED) is 0.710. The molecule has 84 valence electrons. The van der Waals surface area contributed by atoms with Gasteiger partial charge in [-0.1, -0.05) is 27.2 Å². The maximum absolute atomic E-state index is 5.68. The van der Waals surface area contributed by atoms with Crippen LogP contribution in [0, 0.1) is 11.3 Å². The Bertz CT molecular complexity index is 166. The normalized spacial score (nSPS) is 28.3. The summed E-state index contributed by atoms with van der Waals surface area (Å²) in [6.45, 7) is 8.87. The molecule has 0 saturated heterocycles. The lowest BCUT2D eigenvalue weighted by molar-refractivity contribution is 0.170. The van der Waals surface area contributed by atoms with E-state index in [1.54, 1.807) is 0 Å². The average molecular weight is 198 g/mol. The summed E-state index contributed by atoms with van der Waals surface area (Å²) in [5.41, 5.74) is 6.10. The van der Waals surface area contributed by atoms with E-state index in [9.17, 15) is 0 Å². The molecule has 0 aromatic rings. The lowest BCUT2D eigenvalue weighted by Gasteiger charge is -2.36. The Morgan fingerprint density at radius 3 is 2.64 bits per heavy atom. The lowest BCUT2D eigenvalue weighted by Crippen LogP contribution is -2.40. The van der Waals surface area contributed by atoms with Gasteiger partial charge in [0.2, 0.25) is 0 Å². The van der Waals surface area contributed by atoms with Gasteiger partial charge in [0.05, 0.1) is 0 Å². The van der Waals surface area contributed by atoms with Crippen LogP contribution in [0.3, 0.4) is 0 Å². The Labute approximate surface area is 88.6 Å². The van der Waals surface area contributed by atoms with E-state index in [0.29, 0.717) is 5.41 Å².